The standard InChI is InChI=1S/C26H29N3O3S/c1-29(20-21-8-4-2-5-9-21)17-19-32-18-16-27-26(31)28-33-25(30)24-14-12-23(13-15-24)22-10-6-3-7-11-22/h2-15H,16-20H2,1H3,(H2,27,28,31). The summed E-state index contributed by atoms with van der Waals surface area (Å²) < 4.78 is 8.09. The third kappa shape index (κ3) is 8.73. The molecule has 3 rings (SSSR count). The molecule has 0 aliphatic rings. The van der Waals surface area contributed by atoms with Gasteiger partial charge in [0.15, 0.2) is 0 Å². The van der Waals surface area contributed by atoms with E-state index in [4.69, 9.17) is 4.74 Å². The molecule has 0 aromatic heterocycles. The zero-order valence-electron chi connectivity index (χ0n) is 18.7. The Bertz CT molecular complexity index is 998. The second kappa shape index (κ2) is 13.4. The van der Waals surface area contributed by atoms with Crippen molar-refractivity contribution < 1.29 is 14.3 Å². The summed E-state index contributed by atoms with van der Waals surface area (Å²) in [6.07, 6.45) is 0. The second-order valence-corrected chi connectivity index (χ2v) is 8.31. The summed E-state index contributed by atoms with van der Waals surface area (Å²) in [6, 6.07) is 27.1. The Labute approximate surface area is 199 Å². The van der Waals surface area contributed by atoms with Gasteiger partial charge in [-0.1, -0.05) is 72.8 Å². The lowest BCUT2D eigenvalue weighted by atomic mass is 10.0. The van der Waals surface area contributed by atoms with Gasteiger partial charge in [-0.3, -0.25) is 14.4 Å². The Morgan fingerprint density at radius 3 is 2.18 bits per heavy atom. The molecule has 0 atom stereocenters. The van der Waals surface area contributed by atoms with Crippen LogP contribution in [0, 0.1) is 0 Å². The first-order valence-corrected chi connectivity index (χ1v) is 11.6. The maximum Gasteiger partial charge on any atom is 0.325 e. The topological polar surface area (TPSA) is 70.7 Å². The minimum atomic E-state index is -0.418. The van der Waals surface area contributed by atoms with Crippen LogP contribution in [-0.4, -0.2) is 49.4 Å². The van der Waals surface area contributed by atoms with Crippen LogP contribution in [0.25, 0.3) is 11.1 Å². The van der Waals surface area contributed by atoms with Crippen LogP contribution in [0.4, 0.5) is 4.79 Å². The van der Waals surface area contributed by atoms with E-state index in [2.05, 4.69) is 27.1 Å². The van der Waals surface area contributed by atoms with E-state index in [1.165, 1.54) is 5.56 Å². The minimum Gasteiger partial charge on any atom is -0.378 e. The molecule has 0 spiro atoms. The van der Waals surface area contributed by atoms with Crippen molar-refractivity contribution in [1.82, 2.24) is 14.9 Å². The number of benzene rings is 3. The molecule has 0 aliphatic heterocycles. The Hall–Kier alpha value is -3.13. The molecule has 0 aliphatic carbocycles. The zero-order valence-corrected chi connectivity index (χ0v) is 19.5. The van der Waals surface area contributed by atoms with Gasteiger partial charge in [-0.05, 0) is 35.9 Å². The van der Waals surface area contributed by atoms with E-state index in [0.29, 0.717) is 25.3 Å². The minimum absolute atomic E-state index is 0.220. The molecule has 0 radical (unpaired) electrons. The number of urea groups is 1. The average molecular weight is 464 g/mol. The average Bonchev–Trinajstić information content (AvgIpc) is 2.86. The third-order valence-electron chi connectivity index (χ3n) is 4.91. The van der Waals surface area contributed by atoms with Crippen molar-refractivity contribution in [2.75, 3.05) is 33.4 Å². The van der Waals surface area contributed by atoms with Crippen molar-refractivity contribution in [3.8, 4) is 11.1 Å². The van der Waals surface area contributed by atoms with E-state index in [-0.39, 0.29) is 5.12 Å². The van der Waals surface area contributed by atoms with Crippen molar-refractivity contribution in [3.05, 3.63) is 96.1 Å². The Morgan fingerprint density at radius 1 is 0.848 bits per heavy atom. The lowest BCUT2D eigenvalue weighted by Crippen LogP contribution is -2.34. The van der Waals surface area contributed by atoms with E-state index < -0.39 is 6.03 Å². The van der Waals surface area contributed by atoms with Crippen LogP contribution in [0.2, 0.25) is 0 Å². The van der Waals surface area contributed by atoms with Crippen molar-refractivity contribution in [2.45, 2.75) is 6.54 Å². The number of hydrogen-bond donors (Lipinski definition) is 2. The largest absolute Gasteiger partial charge is 0.378 e. The van der Waals surface area contributed by atoms with Gasteiger partial charge in [-0.25, -0.2) is 4.79 Å². The summed E-state index contributed by atoms with van der Waals surface area (Å²) in [5.74, 6) is 0. The zero-order chi connectivity index (χ0) is 23.3. The van der Waals surface area contributed by atoms with Gasteiger partial charge in [0, 0.05) is 37.1 Å². The van der Waals surface area contributed by atoms with Gasteiger partial charge in [-0.15, -0.1) is 0 Å². The molecule has 0 saturated carbocycles. The van der Waals surface area contributed by atoms with Crippen LogP contribution in [0.15, 0.2) is 84.9 Å². The molecule has 0 fully saturated rings. The molecular weight excluding hydrogens is 434 g/mol. The SMILES string of the molecule is CN(CCOCCNC(=O)NSC(=O)c1ccc(-c2ccccc2)cc1)Cc1ccccc1. The van der Waals surface area contributed by atoms with Gasteiger partial charge in [0.25, 0.3) is 0 Å². The Kier molecular flexibility index (Phi) is 9.97. The van der Waals surface area contributed by atoms with Crippen molar-refractivity contribution in [1.29, 1.82) is 0 Å². The monoisotopic (exact) mass is 463 g/mol. The fourth-order valence-electron chi connectivity index (χ4n) is 3.15. The number of ether oxygens (including phenoxy) is 1. The molecule has 7 heteroatoms. The van der Waals surface area contributed by atoms with Crippen LogP contribution in [0.1, 0.15) is 15.9 Å². The Morgan fingerprint density at radius 2 is 1.48 bits per heavy atom. The molecule has 2 N–H and O–H groups in total. The highest BCUT2D eigenvalue weighted by molar-refractivity contribution is 8.12. The predicted octanol–water partition coefficient (Wildman–Crippen LogP) is 4.59. The molecule has 0 bridgehead atoms. The molecule has 33 heavy (non-hydrogen) atoms. The van der Waals surface area contributed by atoms with E-state index in [9.17, 15) is 9.59 Å². The molecule has 0 unspecified atom stereocenters. The van der Waals surface area contributed by atoms with Gasteiger partial charge >= 0.3 is 6.03 Å². The lowest BCUT2D eigenvalue weighted by molar-refractivity contribution is 0.108. The summed E-state index contributed by atoms with van der Waals surface area (Å²) in [5.41, 5.74) is 3.92. The molecule has 0 saturated heterocycles. The second-order valence-electron chi connectivity index (χ2n) is 7.53. The summed E-state index contributed by atoms with van der Waals surface area (Å²) in [7, 11) is 2.05. The van der Waals surface area contributed by atoms with Gasteiger partial charge in [0.05, 0.1) is 13.2 Å². The molecular formula is C26H29N3O3S. The fourth-order valence-corrected chi connectivity index (χ4v) is 3.66. The quantitative estimate of drug-likeness (QED) is 0.340. The van der Waals surface area contributed by atoms with E-state index in [0.717, 1.165) is 36.2 Å². The van der Waals surface area contributed by atoms with Crippen LogP contribution in [0.3, 0.4) is 0 Å². The number of amides is 2. The van der Waals surface area contributed by atoms with Gasteiger partial charge in [-0.2, -0.15) is 0 Å². The fraction of sp³-hybridized carbons (Fsp3) is 0.231. The van der Waals surface area contributed by atoms with Crippen molar-refractivity contribution in [2.24, 2.45) is 0 Å². The number of hydrogen-bond acceptors (Lipinski definition) is 5. The summed E-state index contributed by atoms with van der Waals surface area (Å²) in [5, 5.41) is 2.47. The number of rotatable bonds is 10. The number of likely N-dealkylation sites (N-methyl/N-ethyl adjacent to an activating group) is 1. The molecule has 3 aromatic carbocycles. The van der Waals surface area contributed by atoms with Crippen LogP contribution >= 0.6 is 11.9 Å². The first-order valence-electron chi connectivity index (χ1n) is 10.8. The summed E-state index contributed by atoms with van der Waals surface area (Å²) in [6.45, 7) is 3.03. The van der Waals surface area contributed by atoms with Crippen molar-refractivity contribution >= 4 is 23.1 Å². The predicted molar refractivity (Wildman–Crippen MR) is 134 cm³/mol. The highest BCUT2D eigenvalue weighted by Gasteiger charge is 2.10. The van der Waals surface area contributed by atoms with Crippen LogP contribution in [0.5, 0.6) is 0 Å². The number of nitrogens with one attached hydrogen (secondary N) is 2. The molecule has 172 valence electrons. The maximum absolute atomic E-state index is 12.3. The summed E-state index contributed by atoms with van der Waals surface area (Å²) in [4.78, 5) is 26.4. The van der Waals surface area contributed by atoms with Crippen molar-refractivity contribution in [3.63, 3.8) is 0 Å². The highest BCUT2D eigenvalue weighted by atomic mass is 32.2. The first-order chi connectivity index (χ1) is 16.1. The maximum atomic E-state index is 12.3. The molecule has 2 amide bonds. The Balaban J connectivity index is 1.26. The number of carbonyl (C=O) groups is 2. The van der Waals surface area contributed by atoms with Gasteiger partial charge < -0.3 is 10.1 Å². The molecule has 0 heterocycles. The first kappa shape index (κ1) is 24.5. The van der Waals surface area contributed by atoms with E-state index in [1.54, 1.807) is 12.1 Å². The molecule has 6 nitrogen and oxygen atoms in total. The van der Waals surface area contributed by atoms with Gasteiger partial charge in [0.2, 0.25) is 5.12 Å². The third-order valence-corrected chi connectivity index (χ3v) is 5.62. The lowest BCUT2D eigenvalue weighted by Gasteiger charge is -2.16. The molecule has 3 aromatic rings. The van der Waals surface area contributed by atoms with Crippen LogP contribution < -0.4 is 10.0 Å². The van der Waals surface area contributed by atoms with E-state index >= 15 is 0 Å². The van der Waals surface area contributed by atoms with Gasteiger partial charge in [0.1, 0.15) is 0 Å². The normalized spacial score (nSPS) is 10.7. The number of nitrogens with zero attached hydrogens (tertiary/aromatic N) is 1. The summed E-state index contributed by atoms with van der Waals surface area (Å²) >= 11 is 0.764. The van der Waals surface area contributed by atoms with Crippen LogP contribution in [-0.2, 0) is 11.3 Å². The number of carbonyl (C=O) groups excluding carboxylic acids is 2. The highest BCUT2D eigenvalue weighted by Crippen LogP contribution is 2.20. The van der Waals surface area contributed by atoms with E-state index in [1.807, 2.05) is 67.7 Å². The smallest absolute Gasteiger partial charge is 0.325 e.